The van der Waals surface area contributed by atoms with Crippen LogP contribution >= 0.6 is 0 Å². The summed E-state index contributed by atoms with van der Waals surface area (Å²) in [5, 5.41) is 11.0. The Morgan fingerprint density at radius 1 is 1.19 bits per heavy atom. The molecule has 0 amide bonds. The predicted molar refractivity (Wildman–Crippen MR) is 115 cm³/mol. The highest BCUT2D eigenvalue weighted by Gasteiger charge is 2.07. The van der Waals surface area contributed by atoms with Gasteiger partial charge in [0.2, 0.25) is 0 Å². The minimum atomic E-state index is -0.605. The van der Waals surface area contributed by atoms with Gasteiger partial charge in [0.1, 0.15) is 0 Å². The van der Waals surface area contributed by atoms with E-state index in [1.165, 1.54) is 5.56 Å². The van der Waals surface area contributed by atoms with Crippen molar-refractivity contribution in [2.75, 3.05) is 13.1 Å². The molecule has 0 saturated heterocycles. The summed E-state index contributed by atoms with van der Waals surface area (Å²) in [6.07, 6.45) is 2.87. The summed E-state index contributed by atoms with van der Waals surface area (Å²) in [5.74, 6) is 5.82. The molecule has 0 radical (unpaired) electrons. The molecule has 5 nitrogen and oxygen atoms in total. The fourth-order valence-corrected chi connectivity index (χ4v) is 2.31. The molecule has 0 aliphatic heterocycles. The van der Waals surface area contributed by atoms with Gasteiger partial charge in [-0.05, 0) is 25.3 Å². The average molecular weight is 367 g/mol. The lowest BCUT2D eigenvalue weighted by Crippen LogP contribution is -2.40. The molecule has 144 valence electrons. The monoisotopic (exact) mass is 366 g/mol. The van der Waals surface area contributed by atoms with E-state index in [0.29, 0.717) is 13.1 Å². The summed E-state index contributed by atoms with van der Waals surface area (Å²) in [6.45, 7) is 10.3. The molecule has 0 aromatic heterocycles. The highest BCUT2D eigenvalue weighted by atomic mass is 16.3. The zero-order valence-electron chi connectivity index (χ0n) is 16.0. The second-order valence-electron chi connectivity index (χ2n) is 6.12. The van der Waals surface area contributed by atoms with Gasteiger partial charge >= 0.3 is 0 Å². The van der Waals surface area contributed by atoms with Crippen molar-refractivity contribution < 1.29 is 5.11 Å². The Morgan fingerprint density at radius 2 is 1.81 bits per heavy atom. The molecule has 0 saturated carbocycles. The first-order chi connectivity index (χ1) is 13.0. The number of rotatable bonds is 8. The van der Waals surface area contributed by atoms with Crippen LogP contribution < -0.4 is 11.6 Å². The lowest BCUT2D eigenvalue weighted by atomic mass is 10.1. The van der Waals surface area contributed by atoms with Crippen molar-refractivity contribution >= 4 is 12.4 Å². The smallest absolute Gasteiger partial charge is 0.0803 e. The van der Waals surface area contributed by atoms with E-state index in [1.54, 1.807) is 17.2 Å². The van der Waals surface area contributed by atoms with Gasteiger partial charge < -0.3 is 10.8 Å². The van der Waals surface area contributed by atoms with Crippen LogP contribution in [0.5, 0.6) is 0 Å². The number of benzene rings is 2. The summed E-state index contributed by atoms with van der Waals surface area (Å²) in [7, 11) is 0. The van der Waals surface area contributed by atoms with Crippen LogP contribution in [0, 0.1) is 6.92 Å². The van der Waals surface area contributed by atoms with Gasteiger partial charge in [0.25, 0.3) is 0 Å². The predicted octanol–water partition coefficient (Wildman–Crippen LogP) is 2.90. The third kappa shape index (κ3) is 9.08. The molecular formula is C22H30N4O. The number of aryl methyl sites for hydroxylation is 1. The van der Waals surface area contributed by atoms with Gasteiger partial charge in [-0.25, -0.2) is 5.01 Å². The third-order valence-electron chi connectivity index (χ3n) is 3.74. The highest BCUT2D eigenvalue weighted by Crippen LogP contribution is 2.16. The summed E-state index contributed by atoms with van der Waals surface area (Å²) in [5.41, 5.74) is 9.45. The van der Waals surface area contributed by atoms with Crippen LogP contribution in [0.25, 0.3) is 5.70 Å². The fraction of sp³-hybridized carbons (Fsp3) is 0.227. The number of nitrogens with zero attached hydrogens (tertiary/aromatic N) is 2. The SMILES string of the molecule is C=C/C=C(\N=C)c1ccc(CN(N)CC(O)CN)cc1.Cc1ccccc1. The quantitative estimate of drug-likeness (QED) is 0.290. The molecule has 0 spiro atoms. The van der Waals surface area contributed by atoms with Crippen molar-refractivity contribution in [3.63, 3.8) is 0 Å². The Hall–Kier alpha value is -2.57. The van der Waals surface area contributed by atoms with Crippen LogP contribution in [-0.4, -0.2) is 36.0 Å². The molecule has 0 aliphatic rings. The Bertz CT molecular complexity index is 711. The number of nitrogens with two attached hydrogens (primary N) is 2. The van der Waals surface area contributed by atoms with Crippen LogP contribution in [-0.2, 0) is 6.54 Å². The first-order valence-electron chi connectivity index (χ1n) is 8.78. The molecule has 2 aromatic rings. The molecule has 5 N–H and O–H groups in total. The van der Waals surface area contributed by atoms with E-state index in [2.05, 4.69) is 37.3 Å². The molecule has 0 fully saturated rings. The molecule has 0 bridgehead atoms. The molecule has 2 aromatic carbocycles. The lowest BCUT2D eigenvalue weighted by Gasteiger charge is -2.19. The molecule has 5 heteroatoms. The molecule has 0 aliphatic carbocycles. The second-order valence-corrected chi connectivity index (χ2v) is 6.12. The Kier molecular flexibility index (Phi) is 10.6. The summed E-state index contributed by atoms with van der Waals surface area (Å²) in [4.78, 5) is 3.95. The molecular weight excluding hydrogens is 336 g/mol. The van der Waals surface area contributed by atoms with Crippen LogP contribution in [0.3, 0.4) is 0 Å². The van der Waals surface area contributed by atoms with E-state index in [1.807, 2.05) is 42.5 Å². The molecule has 0 heterocycles. The van der Waals surface area contributed by atoms with E-state index in [9.17, 15) is 5.11 Å². The van der Waals surface area contributed by atoms with Gasteiger partial charge in [-0.15, -0.1) is 0 Å². The zero-order valence-corrected chi connectivity index (χ0v) is 16.0. The summed E-state index contributed by atoms with van der Waals surface area (Å²) >= 11 is 0. The largest absolute Gasteiger partial charge is 0.390 e. The number of hydrogen-bond acceptors (Lipinski definition) is 5. The topological polar surface area (TPSA) is 87.9 Å². The van der Waals surface area contributed by atoms with Gasteiger partial charge in [-0.2, -0.15) is 0 Å². The van der Waals surface area contributed by atoms with Crippen molar-refractivity contribution in [3.8, 4) is 0 Å². The Balaban J connectivity index is 0.000000433. The van der Waals surface area contributed by atoms with Gasteiger partial charge in [-0.1, -0.05) is 72.8 Å². The molecule has 2 rings (SSSR count). The number of allylic oxidation sites excluding steroid dienone is 2. The minimum absolute atomic E-state index is 0.202. The van der Waals surface area contributed by atoms with E-state index in [4.69, 9.17) is 11.6 Å². The lowest BCUT2D eigenvalue weighted by molar-refractivity contribution is 0.115. The maximum absolute atomic E-state index is 9.43. The molecule has 27 heavy (non-hydrogen) atoms. The molecule has 1 unspecified atom stereocenters. The standard InChI is InChI=1S/C15H22N4O.C7H8/c1-3-4-15(18-2)13-7-5-12(6-8-13)10-19(17)11-14(20)9-16;1-7-5-3-2-4-6-7/h3-8,14,20H,1-2,9-11,16-17H2;2-6H,1H3/b15-4-;. The maximum Gasteiger partial charge on any atom is 0.0803 e. The van der Waals surface area contributed by atoms with Crippen molar-refractivity contribution in [3.05, 3.63) is 90.0 Å². The first kappa shape index (κ1) is 22.5. The molecule has 1 atom stereocenters. The fourth-order valence-electron chi connectivity index (χ4n) is 2.31. The van der Waals surface area contributed by atoms with Gasteiger partial charge in [0.05, 0.1) is 11.8 Å². The zero-order chi connectivity index (χ0) is 20.1. The summed E-state index contributed by atoms with van der Waals surface area (Å²) in [6, 6.07) is 18.1. The van der Waals surface area contributed by atoms with Gasteiger partial charge in [0, 0.05) is 25.2 Å². The summed E-state index contributed by atoms with van der Waals surface area (Å²) < 4.78 is 0. The van der Waals surface area contributed by atoms with Crippen molar-refractivity contribution in [2.45, 2.75) is 19.6 Å². The van der Waals surface area contributed by atoms with Crippen molar-refractivity contribution in [1.29, 1.82) is 0 Å². The third-order valence-corrected chi connectivity index (χ3v) is 3.74. The second kappa shape index (κ2) is 12.7. The van der Waals surface area contributed by atoms with Gasteiger partial charge in [-0.3, -0.25) is 10.8 Å². The van der Waals surface area contributed by atoms with E-state index < -0.39 is 6.10 Å². The van der Waals surface area contributed by atoms with Gasteiger partial charge in [0.15, 0.2) is 0 Å². The van der Waals surface area contributed by atoms with Crippen molar-refractivity contribution in [2.24, 2.45) is 16.6 Å². The highest BCUT2D eigenvalue weighted by molar-refractivity contribution is 5.69. The van der Waals surface area contributed by atoms with Crippen LogP contribution in [0.1, 0.15) is 16.7 Å². The van der Waals surface area contributed by atoms with E-state index in [0.717, 1.165) is 16.8 Å². The first-order valence-corrected chi connectivity index (χ1v) is 8.78. The number of aliphatic hydroxyl groups excluding tert-OH is 1. The average Bonchev–Trinajstić information content (AvgIpc) is 2.67. The number of hydrazine groups is 1. The van der Waals surface area contributed by atoms with Crippen LogP contribution in [0.2, 0.25) is 0 Å². The maximum atomic E-state index is 9.43. The Morgan fingerprint density at radius 3 is 2.26 bits per heavy atom. The number of aliphatic imine (C=N–C) groups is 1. The van der Waals surface area contributed by atoms with Crippen molar-refractivity contribution in [1.82, 2.24) is 5.01 Å². The normalized spacial score (nSPS) is 12.1. The number of aliphatic hydroxyl groups is 1. The van der Waals surface area contributed by atoms with E-state index in [-0.39, 0.29) is 6.54 Å². The Labute approximate surface area is 162 Å². The minimum Gasteiger partial charge on any atom is -0.390 e. The van der Waals surface area contributed by atoms with Crippen LogP contribution in [0.15, 0.2) is 78.3 Å². The van der Waals surface area contributed by atoms with Crippen LogP contribution in [0.4, 0.5) is 0 Å². The number of hydrogen-bond donors (Lipinski definition) is 3. The van der Waals surface area contributed by atoms with E-state index >= 15 is 0 Å².